The van der Waals surface area contributed by atoms with E-state index < -0.39 is 30.6 Å². The Morgan fingerprint density at radius 2 is 1.85 bits per heavy atom. The number of aliphatic hydroxyl groups is 2. The predicted octanol–water partition coefficient (Wildman–Crippen LogP) is -0.0707. The third kappa shape index (κ3) is 4.48. The fraction of sp³-hybridized carbons (Fsp3) is 0.385. The molecule has 0 fully saturated rings. The quantitative estimate of drug-likeness (QED) is 0.591. The first kappa shape index (κ1) is 16.4. The number of hydrogen-bond acceptors (Lipinski definition) is 4. The molecular formula is C13H17ClN2O4. The Morgan fingerprint density at radius 1 is 1.25 bits per heavy atom. The van der Waals surface area contributed by atoms with Gasteiger partial charge in [-0.05, 0) is 19.1 Å². The van der Waals surface area contributed by atoms with Crippen LogP contribution in [0.25, 0.3) is 0 Å². The summed E-state index contributed by atoms with van der Waals surface area (Å²) < 4.78 is 0. The first-order valence-corrected chi connectivity index (χ1v) is 6.35. The van der Waals surface area contributed by atoms with E-state index in [9.17, 15) is 9.59 Å². The van der Waals surface area contributed by atoms with E-state index >= 15 is 0 Å². The Morgan fingerprint density at radius 3 is 2.40 bits per heavy atom. The lowest BCUT2D eigenvalue weighted by Crippen LogP contribution is -2.54. The van der Waals surface area contributed by atoms with Gasteiger partial charge in [-0.15, -0.1) is 0 Å². The van der Waals surface area contributed by atoms with Crippen LogP contribution in [0, 0.1) is 0 Å². The van der Waals surface area contributed by atoms with Gasteiger partial charge in [0.05, 0.1) is 35.9 Å². The van der Waals surface area contributed by atoms with E-state index in [4.69, 9.17) is 21.8 Å². The monoisotopic (exact) mass is 300 g/mol. The Bertz CT molecular complexity index is 489. The maximum Gasteiger partial charge on any atom is 0.253 e. The molecule has 2 amide bonds. The molecule has 1 aromatic rings. The van der Waals surface area contributed by atoms with Crippen LogP contribution in [0.2, 0.25) is 5.02 Å². The van der Waals surface area contributed by atoms with Gasteiger partial charge < -0.3 is 20.8 Å². The summed E-state index contributed by atoms with van der Waals surface area (Å²) >= 11 is 5.86. The van der Waals surface area contributed by atoms with Crippen molar-refractivity contribution in [1.82, 2.24) is 10.6 Å². The molecule has 0 unspecified atom stereocenters. The van der Waals surface area contributed by atoms with Crippen LogP contribution in [0.4, 0.5) is 0 Å². The molecule has 1 rings (SSSR count). The molecule has 6 nitrogen and oxygen atoms in total. The van der Waals surface area contributed by atoms with E-state index in [1.807, 2.05) is 0 Å². The molecule has 0 radical (unpaired) electrons. The second-order valence-corrected chi connectivity index (χ2v) is 4.99. The molecule has 0 bridgehead atoms. The van der Waals surface area contributed by atoms with E-state index in [0.29, 0.717) is 5.02 Å². The summed E-state index contributed by atoms with van der Waals surface area (Å²) in [4.78, 5) is 23.4. The van der Waals surface area contributed by atoms with Crippen LogP contribution >= 0.6 is 11.6 Å². The summed E-state index contributed by atoms with van der Waals surface area (Å²) in [6.45, 7) is 0.391. The third-order valence-electron chi connectivity index (χ3n) is 2.67. The van der Waals surface area contributed by atoms with Crippen LogP contribution in [0.3, 0.4) is 0 Å². The highest BCUT2D eigenvalue weighted by atomic mass is 35.5. The van der Waals surface area contributed by atoms with Crippen LogP contribution in [0.1, 0.15) is 17.3 Å². The van der Waals surface area contributed by atoms with Gasteiger partial charge in [-0.25, -0.2) is 0 Å². The number of rotatable bonds is 6. The van der Waals surface area contributed by atoms with E-state index in [0.717, 1.165) is 0 Å². The van der Waals surface area contributed by atoms with Crippen LogP contribution < -0.4 is 10.6 Å². The van der Waals surface area contributed by atoms with Gasteiger partial charge >= 0.3 is 0 Å². The molecule has 4 N–H and O–H groups in total. The lowest BCUT2D eigenvalue weighted by atomic mass is 10.1. The molecule has 0 aliphatic heterocycles. The second-order valence-electron chi connectivity index (χ2n) is 4.59. The zero-order chi connectivity index (χ0) is 15.2. The van der Waals surface area contributed by atoms with Crippen molar-refractivity contribution in [2.45, 2.75) is 12.5 Å². The number of carbonyl (C=O) groups excluding carboxylic acids is 2. The Kier molecular flexibility index (Phi) is 5.94. The molecule has 0 heterocycles. The maximum atomic E-state index is 11.8. The van der Waals surface area contributed by atoms with Gasteiger partial charge in [-0.2, -0.15) is 0 Å². The predicted molar refractivity (Wildman–Crippen MR) is 74.5 cm³/mol. The number of nitrogens with one attached hydrogen (secondary N) is 2. The molecular weight excluding hydrogens is 284 g/mol. The summed E-state index contributed by atoms with van der Waals surface area (Å²) in [5.41, 5.74) is -0.847. The lowest BCUT2D eigenvalue weighted by Gasteiger charge is -2.26. The highest BCUT2D eigenvalue weighted by Gasteiger charge is 2.24. The minimum Gasteiger partial charge on any atom is -0.394 e. The highest BCUT2D eigenvalue weighted by molar-refractivity contribution is 6.33. The van der Waals surface area contributed by atoms with Gasteiger partial charge in [0.15, 0.2) is 0 Å². The van der Waals surface area contributed by atoms with E-state index in [1.54, 1.807) is 24.3 Å². The normalized spacial score (nSPS) is 11.0. The van der Waals surface area contributed by atoms with Gasteiger partial charge in [-0.3, -0.25) is 9.59 Å². The summed E-state index contributed by atoms with van der Waals surface area (Å²) in [5.74, 6) is -0.989. The van der Waals surface area contributed by atoms with E-state index in [1.165, 1.54) is 6.92 Å². The van der Waals surface area contributed by atoms with Crippen molar-refractivity contribution in [1.29, 1.82) is 0 Å². The number of carbonyl (C=O) groups is 2. The van der Waals surface area contributed by atoms with Crippen molar-refractivity contribution < 1.29 is 19.8 Å². The first-order chi connectivity index (χ1) is 9.41. The Hall–Kier alpha value is -1.63. The molecule has 7 heteroatoms. The van der Waals surface area contributed by atoms with Crippen LogP contribution in [0.15, 0.2) is 24.3 Å². The Labute approximate surface area is 121 Å². The molecule has 110 valence electrons. The highest BCUT2D eigenvalue weighted by Crippen LogP contribution is 2.14. The van der Waals surface area contributed by atoms with Crippen molar-refractivity contribution in [2.75, 3.05) is 19.8 Å². The van der Waals surface area contributed by atoms with Gasteiger partial charge in [0.2, 0.25) is 5.91 Å². The zero-order valence-corrected chi connectivity index (χ0v) is 11.8. The summed E-state index contributed by atoms with van der Waals surface area (Å²) in [6, 6.07) is 6.47. The molecule has 0 spiro atoms. The fourth-order valence-electron chi connectivity index (χ4n) is 1.41. The average Bonchev–Trinajstić information content (AvgIpc) is 2.45. The first-order valence-electron chi connectivity index (χ1n) is 5.97. The van der Waals surface area contributed by atoms with Crippen molar-refractivity contribution in [3.05, 3.63) is 34.9 Å². The number of amides is 2. The SMILES string of the molecule is CC(CO)(CO)NC(=O)CNC(=O)c1ccccc1Cl. The van der Waals surface area contributed by atoms with Gasteiger partial charge in [-0.1, -0.05) is 23.7 Å². The fourth-order valence-corrected chi connectivity index (χ4v) is 1.63. The zero-order valence-electron chi connectivity index (χ0n) is 11.0. The van der Waals surface area contributed by atoms with Crippen LogP contribution in [-0.4, -0.2) is 47.3 Å². The maximum absolute atomic E-state index is 11.8. The molecule has 0 saturated heterocycles. The number of hydrogen-bond donors (Lipinski definition) is 4. The topological polar surface area (TPSA) is 98.7 Å². The number of halogens is 1. The van der Waals surface area contributed by atoms with Crippen molar-refractivity contribution >= 4 is 23.4 Å². The molecule has 1 aromatic carbocycles. The van der Waals surface area contributed by atoms with Gasteiger partial charge in [0.1, 0.15) is 0 Å². The molecule has 0 saturated carbocycles. The van der Waals surface area contributed by atoms with Gasteiger partial charge in [0, 0.05) is 0 Å². The van der Waals surface area contributed by atoms with Crippen molar-refractivity contribution in [2.24, 2.45) is 0 Å². The van der Waals surface area contributed by atoms with Crippen molar-refractivity contribution in [3.8, 4) is 0 Å². The molecule has 0 aliphatic carbocycles. The minimum atomic E-state index is -1.12. The standard InChI is InChI=1S/C13H17ClN2O4/c1-13(7-17,8-18)16-11(19)6-15-12(20)9-4-2-3-5-10(9)14/h2-5,17-18H,6-8H2,1H3,(H,15,20)(H,16,19). The van der Waals surface area contributed by atoms with Crippen LogP contribution in [-0.2, 0) is 4.79 Å². The molecule has 0 atom stereocenters. The second kappa shape index (κ2) is 7.23. The summed E-state index contributed by atoms with van der Waals surface area (Å²) in [6.07, 6.45) is 0. The lowest BCUT2D eigenvalue weighted by molar-refractivity contribution is -0.123. The Balaban J connectivity index is 2.54. The largest absolute Gasteiger partial charge is 0.394 e. The van der Waals surface area contributed by atoms with E-state index in [-0.39, 0.29) is 12.1 Å². The third-order valence-corrected chi connectivity index (χ3v) is 3.00. The summed E-state index contributed by atoms with van der Waals surface area (Å²) in [5, 5.41) is 23.2. The number of aliphatic hydroxyl groups excluding tert-OH is 2. The smallest absolute Gasteiger partial charge is 0.253 e. The molecule has 0 aliphatic rings. The number of benzene rings is 1. The molecule has 20 heavy (non-hydrogen) atoms. The van der Waals surface area contributed by atoms with E-state index in [2.05, 4.69) is 10.6 Å². The molecule has 0 aromatic heterocycles. The minimum absolute atomic E-state index is 0.272. The summed E-state index contributed by atoms with van der Waals surface area (Å²) in [7, 11) is 0. The average molecular weight is 301 g/mol. The van der Waals surface area contributed by atoms with Crippen LogP contribution in [0.5, 0.6) is 0 Å². The van der Waals surface area contributed by atoms with Crippen molar-refractivity contribution in [3.63, 3.8) is 0 Å². The van der Waals surface area contributed by atoms with Gasteiger partial charge in [0.25, 0.3) is 5.91 Å².